The van der Waals surface area contributed by atoms with Gasteiger partial charge in [0.2, 0.25) is 0 Å². The van der Waals surface area contributed by atoms with Crippen LogP contribution in [0.15, 0.2) is 67.0 Å². The van der Waals surface area contributed by atoms with E-state index in [-0.39, 0.29) is 6.04 Å². The minimum atomic E-state index is 0.153. The zero-order chi connectivity index (χ0) is 17.8. The second-order valence-electron chi connectivity index (χ2n) is 5.88. The van der Waals surface area contributed by atoms with E-state index < -0.39 is 0 Å². The van der Waals surface area contributed by atoms with Crippen LogP contribution in [0, 0.1) is 0 Å². The number of hydrogen-bond acceptors (Lipinski definition) is 6. The number of aromatic nitrogens is 7. The van der Waals surface area contributed by atoms with Crippen LogP contribution >= 0.6 is 0 Å². The van der Waals surface area contributed by atoms with Crippen molar-refractivity contribution in [1.82, 2.24) is 40.5 Å². The zero-order valence-corrected chi connectivity index (χ0v) is 14.3. The topological polar surface area (TPSA) is 86.3 Å². The molecular formula is C18H18N8. The highest BCUT2D eigenvalue weighted by atomic mass is 15.5. The van der Waals surface area contributed by atoms with Crippen molar-refractivity contribution in [2.45, 2.75) is 19.5 Å². The van der Waals surface area contributed by atoms with Crippen LogP contribution in [0.2, 0.25) is 0 Å². The molecule has 1 N–H and O–H groups in total. The molecule has 0 spiro atoms. The van der Waals surface area contributed by atoms with Gasteiger partial charge in [-0.05, 0) is 47.2 Å². The molecule has 8 nitrogen and oxygen atoms in total. The fourth-order valence-electron chi connectivity index (χ4n) is 2.71. The lowest BCUT2D eigenvalue weighted by molar-refractivity contribution is 0.550. The number of nitrogens with zero attached hydrogens (tertiary/aromatic N) is 7. The van der Waals surface area contributed by atoms with Crippen molar-refractivity contribution in [3.63, 3.8) is 0 Å². The van der Waals surface area contributed by atoms with Crippen molar-refractivity contribution in [2.24, 2.45) is 0 Å². The third-order valence-electron chi connectivity index (χ3n) is 4.18. The molecule has 0 radical (unpaired) electrons. The predicted octanol–water partition coefficient (Wildman–Crippen LogP) is 2.09. The normalized spacial score (nSPS) is 12.2. The first-order chi connectivity index (χ1) is 12.8. The highest BCUT2D eigenvalue weighted by Gasteiger charge is 2.11. The second kappa shape index (κ2) is 7.24. The molecule has 8 heteroatoms. The van der Waals surface area contributed by atoms with E-state index in [9.17, 15) is 0 Å². The van der Waals surface area contributed by atoms with Gasteiger partial charge in [0.1, 0.15) is 0 Å². The summed E-state index contributed by atoms with van der Waals surface area (Å²) in [6.45, 7) is 2.68. The number of nitrogens with one attached hydrogen (secondary N) is 1. The Bertz CT molecular complexity index is 945. The van der Waals surface area contributed by atoms with Crippen LogP contribution in [0.5, 0.6) is 0 Å². The van der Waals surface area contributed by atoms with Crippen molar-refractivity contribution >= 4 is 0 Å². The van der Waals surface area contributed by atoms with Crippen LogP contribution < -0.4 is 5.32 Å². The van der Waals surface area contributed by atoms with E-state index in [2.05, 4.69) is 50.2 Å². The standard InChI is InChI=1S/C18H18N8/c1-14(15-7-9-16(10-8-15)25-12-11-20-23-25)19-13-18-21-22-24-26(18)17-5-3-2-4-6-17/h2-12,14,19H,13H2,1H3. The molecule has 1 unspecified atom stereocenters. The van der Waals surface area contributed by atoms with E-state index in [1.807, 2.05) is 48.7 Å². The number of para-hydroxylation sites is 1. The smallest absolute Gasteiger partial charge is 0.170 e. The van der Waals surface area contributed by atoms with Crippen molar-refractivity contribution in [3.05, 3.63) is 78.4 Å². The Labute approximate surface area is 150 Å². The van der Waals surface area contributed by atoms with Crippen LogP contribution in [0.4, 0.5) is 0 Å². The maximum Gasteiger partial charge on any atom is 0.170 e. The molecule has 0 aliphatic carbocycles. The summed E-state index contributed by atoms with van der Waals surface area (Å²) in [6.07, 6.45) is 3.48. The van der Waals surface area contributed by atoms with Gasteiger partial charge in [0.25, 0.3) is 0 Å². The van der Waals surface area contributed by atoms with E-state index in [1.54, 1.807) is 15.6 Å². The Morgan fingerprint density at radius 3 is 2.50 bits per heavy atom. The largest absolute Gasteiger partial charge is 0.303 e. The van der Waals surface area contributed by atoms with E-state index in [1.165, 1.54) is 5.56 Å². The summed E-state index contributed by atoms with van der Waals surface area (Å²) in [5.41, 5.74) is 3.10. The number of rotatable bonds is 6. The van der Waals surface area contributed by atoms with E-state index >= 15 is 0 Å². The molecule has 0 bridgehead atoms. The molecule has 130 valence electrons. The van der Waals surface area contributed by atoms with Crippen molar-refractivity contribution in [3.8, 4) is 11.4 Å². The van der Waals surface area contributed by atoms with Gasteiger partial charge in [-0.25, -0.2) is 4.68 Å². The molecule has 0 aliphatic heterocycles. The Morgan fingerprint density at radius 1 is 0.962 bits per heavy atom. The van der Waals surface area contributed by atoms with E-state index in [4.69, 9.17) is 0 Å². The highest BCUT2D eigenvalue weighted by Crippen LogP contribution is 2.16. The summed E-state index contributed by atoms with van der Waals surface area (Å²) in [4.78, 5) is 0. The van der Waals surface area contributed by atoms with Crippen LogP contribution in [0.25, 0.3) is 11.4 Å². The molecule has 0 fully saturated rings. The second-order valence-corrected chi connectivity index (χ2v) is 5.88. The minimum Gasteiger partial charge on any atom is -0.303 e. The van der Waals surface area contributed by atoms with Crippen LogP contribution in [0.1, 0.15) is 24.4 Å². The first kappa shape index (κ1) is 16.1. The molecule has 0 amide bonds. The Balaban J connectivity index is 1.43. The lowest BCUT2D eigenvalue weighted by Gasteiger charge is -2.14. The van der Waals surface area contributed by atoms with Crippen molar-refractivity contribution in [1.29, 1.82) is 0 Å². The molecule has 4 rings (SSSR count). The molecule has 2 heterocycles. The molecule has 2 aromatic carbocycles. The van der Waals surface area contributed by atoms with Gasteiger partial charge in [-0.1, -0.05) is 35.5 Å². The lowest BCUT2D eigenvalue weighted by Crippen LogP contribution is -2.20. The SMILES string of the molecule is CC(NCc1nnnn1-c1ccccc1)c1ccc(-n2ccnn2)cc1. The summed E-state index contributed by atoms with van der Waals surface area (Å²) >= 11 is 0. The van der Waals surface area contributed by atoms with Gasteiger partial charge in [-0.3, -0.25) is 0 Å². The number of hydrogen-bond donors (Lipinski definition) is 1. The predicted molar refractivity (Wildman–Crippen MR) is 95.8 cm³/mol. The van der Waals surface area contributed by atoms with E-state index in [0.717, 1.165) is 17.2 Å². The van der Waals surface area contributed by atoms with Gasteiger partial charge >= 0.3 is 0 Å². The summed E-state index contributed by atoms with van der Waals surface area (Å²) < 4.78 is 3.48. The minimum absolute atomic E-state index is 0.153. The van der Waals surface area contributed by atoms with Gasteiger partial charge in [0.05, 0.1) is 30.3 Å². The molecule has 0 saturated carbocycles. The fraction of sp³-hybridized carbons (Fsp3) is 0.167. The number of benzene rings is 2. The number of tetrazole rings is 1. The maximum absolute atomic E-state index is 4.13. The average Bonchev–Trinajstić information content (AvgIpc) is 3.39. The van der Waals surface area contributed by atoms with Crippen LogP contribution in [-0.4, -0.2) is 35.2 Å². The summed E-state index contributed by atoms with van der Waals surface area (Å²) in [6, 6.07) is 18.2. The average molecular weight is 346 g/mol. The Hall–Kier alpha value is -3.39. The summed E-state index contributed by atoms with van der Waals surface area (Å²) in [5, 5.41) is 23.3. The van der Waals surface area contributed by atoms with E-state index in [0.29, 0.717) is 6.54 Å². The van der Waals surface area contributed by atoms with Crippen LogP contribution in [0.3, 0.4) is 0 Å². The van der Waals surface area contributed by atoms with Crippen molar-refractivity contribution < 1.29 is 0 Å². The highest BCUT2D eigenvalue weighted by molar-refractivity contribution is 5.34. The third-order valence-corrected chi connectivity index (χ3v) is 4.18. The first-order valence-corrected chi connectivity index (χ1v) is 8.34. The molecule has 0 aliphatic rings. The monoisotopic (exact) mass is 346 g/mol. The fourth-order valence-corrected chi connectivity index (χ4v) is 2.71. The molecule has 4 aromatic rings. The van der Waals surface area contributed by atoms with Gasteiger partial charge in [0.15, 0.2) is 5.82 Å². The molecule has 0 saturated heterocycles. The van der Waals surface area contributed by atoms with Crippen molar-refractivity contribution in [2.75, 3.05) is 0 Å². The maximum atomic E-state index is 4.13. The van der Waals surface area contributed by atoms with Crippen LogP contribution in [-0.2, 0) is 6.54 Å². The summed E-state index contributed by atoms with van der Waals surface area (Å²) in [7, 11) is 0. The zero-order valence-electron chi connectivity index (χ0n) is 14.3. The third kappa shape index (κ3) is 3.35. The Kier molecular flexibility index (Phi) is 4.48. The molecule has 26 heavy (non-hydrogen) atoms. The van der Waals surface area contributed by atoms with Gasteiger partial charge in [-0.15, -0.1) is 10.2 Å². The molecular weight excluding hydrogens is 328 g/mol. The lowest BCUT2D eigenvalue weighted by atomic mass is 10.1. The molecule has 1 atom stereocenters. The van der Waals surface area contributed by atoms with Gasteiger partial charge in [-0.2, -0.15) is 4.68 Å². The summed E-state index contributed by atoms with van der Waals surface area (Å²) in [5.74, 6) is 0.766. The van der Waals surface area contributed by atoms with Gasteiger partial charge in [0, 0.05) is 6.04 Å². The van der Waals surface area contributed by atoms with Gasteiger partial charge < -0.3 is 5.32 Å². The Morgan fingerprint density at radius 2 is 1.77 bits per heavy atom. The molecule has 2 aromatic heterocycles. The first-order valence-electron chi connectivity index (χ1n) is 8.34. The quantitative estimate of drug-likeness (QED) is 0.575.